The molecule has 2 aromatic heterocycles. The van der Waals surface area contributed by atoms with Crippen molar-refractivity contribution in [2.24, 2.45) is 0 Å². The second kappa shape index (κ2) is 10.2. The number of methoxy groups -OCH3 is 2. The SMILES string of the molecule is COc1ccc(CCNC(=O)c2cc3c(=O)n(Cc4ccccc4)ccc3nc2C)c(OC)c1. The van der Waals surface area contributed by atoms with E-state index in [4.69, 9.17) is 9.47 Å². The zero-order valence-corrected chi connectivity index (χ0v) is 19.5. The molecule has 0 unspecified atom stereocenters. The van der Waals surface area contributed by atoms with Crippen LogP contribution in [0.15, 0.2) is 71.7 Å². The number of pyridine rings is 2. The van der Waals surface area contributed by atoms with E-state index in [1.54, 1.807) is 38.0 Å². The standard InChI is InChI=1S/C27H27N3O4/c1-18-22(26(31)28-13-11-20-9-10-21(33-2)15-25(20)34-3)16-23-24(29-18)12-14-30(27(23)32)17-19-7-5-4-6-8-19/h4-10,12,14-16H,11,13,17H2,1-3H3,(H,28,31). The summed E-state index contributed by atoms with van der Waals surface area (Å²) < 4.78 is 12.3. The predicted molar refractivity (Wildman–Crippen MR) is 132 cm³/mol. The third kappa shape index (κ3) is 4.93. The van der Waals surface area contributed by atoms with Crippen LogP contribution in [0.4, 0.5) is 0 Å². The molecule has 4 rings (SSSR count). The van der Waals surface area contributed by atoms with Crippen LogP contribution < -0.4 is 20.3 Å². The summed E-state index contributed by atoms with van der Waals surface area (Å²) in [5.74, 6) is 1.15. The number of rotatable bonds is 8. The van der Waals surface area contributed by atoms with Crippen molar-refractivity contribution in [3.63, 3.8) is 0 Å². The van der Waals surface area contributed by atoms with Gasteiger partial charge in [0.15, 0.2) is 0 Å². The number of amides is 1. The van der Waals surface area contributed by atoms with Crippen LogP contribution in [-0.2, 0) is 13.0 Å². The number of ether oxygens (including phenoxy) is 2. The molecule has 0 saturated carbocycles. The van der Waals surface area contributed by atoms with Crippen LogP contribution in [0.2, 0.25) is 0 Å². The lowest BCUT2D eigenvalue weighted by Crippen LogP contribution is -2.27. The quantitative estimate of drug-likeness (QED) is 0.436. The molecule has 34 heavy (non-hydrogen) atoms. The number of aryl methyl sites for hydroxylation is 1. The van der Waals surface area contributed by atoms with Crippen molar-refractivity contribution in [1.82, 2.24) is 14.9 Å². The molecule has 0 aliphatic carbocycles. The summed E-state index contributed by atoms with van der Waals surface area (Å²) in [7, 11) is 3.20. The lowest BCUT2D eigenvalue weighted by atomic mass is 10.1. The number of nitrogens with one attached hydrogen (secondary N) is 1. The van der Waals surface area contributed by atoms with Gasteiger partial charge in [0.2, 0.25) is 0 Å². The molecule has 7 nitrogen and oxygen atoms in total. The van der Waals surface area contributed by atoms with Crippen molar-refractivity contribution in [1.29, 1.82) is 0 Å². The third-order valence-corrected chi connectivity index (χ3v) is 5.76. The highest BCUT2D eigenvalue weighted by molar-refractivity contribution is 5.98. The lowest BCUT2D eigenvalue weighted by Gasteiger charge is -2.12. The molecule has 4 aromatic rings. The smallest absolute Gasteiger partial charge is 0.260 e. The third-order valence-electron chi connectivity index (χ3n) is 5.76. The Kier molecular flexibility index (Phi) is 6.92. The first-order valence-electron chi connectivity index (χ1n) is 11.0. The van der Waals surface area contributed by atoms with Gasteiger partial charge in [0, 0.05) is 18.8 Å². The van der Waals surface area contributed by atoms with E-state index in [9.17, 15) is 9.59 Å². The average molecular weight is 458 g/mol. The first-order valence-corrected chi connectivity index (χ1v) is 11.0. The Labute approximate surface area is 198 Å². The minimum Gasteiger partial charge on any atom is -0.497 e. The van der Waals surface area contributed by atoms with Crippen molar-refractivity contribution in [3.05, 3.63) is 99.6 Å². The molecule has 2 heterocycles. The minimum atomic E-state index is -0.266. The van der Waals surface area contributed by atoms with Crippen LogP contribution >= 0.6 is 0 Å². The molecule has 0 fully saturated rings. The van der Waals surface area contributed by atoms with E-state index >= 15 is 0 Å². The Balaban J connectivity index is 1.53. The lowest BCUT2D eigenvalue weighted by molar-refractivity contribution is 0.0953. The maximum Gasteiger partial charge on any atom is 0.260 e. The molecule has 0 aliphatic rings. The van der Waals surface area contributed by atoms with Crippen molar-refractivity contribution < 1.29 is 14.3 Å². The van der Waals surface area contributed by atoms with Gasteiger partial charge in [0.25, 0.3) is 11.5 Å². The highest BCUT2D eigenvalue weighted by Gasteiger charge is 2.15. The number of carbonyl (C=O) groups is 1. The number of aromatic nitrogens is 2. The van der Waals surface area contributed by atoms with Crippen LogP contribution in [0.5, 0.6) is 11.5 Å². The van der Waals surface area contributed by atoms with Gasteiger partial charge in [-0.15, -0.1) is 0 Å². The summed E-state index contributed by atoms with van der Waals surface area (Å²) in [5, 5.41) is 3.35. The van der Waals surface area contributed by atoms with Crippen molar-refractivity contribution in [3.8, 4) is 11.5 Å². The largest absolute Gasteiger partial charge is 0.497 e. The summed E-state index contributed by atoms with van der Waals surface area (Å²) in [6.45, 7) is 2.64. The monoisotopic (exact) mass is 457 g/mol. The van der Waals surface area contributed by atoms with Crippen LogP contribution in [0.25, 0.3) is 10.9 Å². The van der Waals surface area contributed by atoms with E-state index in [2.05, 4.69) is 10.3 Å². The number of fused-ring (bicyclic) bond motifs is 1. The summed E-state index contributed by atoms with van der Waals surface area (Å²) >= 11 is 0. The molecule has 2 aromatic carbocycles. The first-order chi connectivity index (χ1) is 16.5. The average Bonchev–Trinajstić information content (AvgIpc) is 2.86. The first kappa shape index (κ1) is 23.0. The van der Waals surface area contributed by atoms with E-state index in [0.29, 0.717) is 53.2 Å². The van der Waals surface area contributed by atoms with E-state index in [1.807, 2.05) is 54.6 Å². The normalized spacial score (nSPS) is 10.8. The van der Waals surface area contributed by atoms with Crippen LogP contribution in [-0.4, -0.2) is 36.2 Å². The zero-order chi connectivity index (χ0) is 24.1. The van der Waals surface area contributed by atoms with Gasteiger partial charge in [-0.2, -0.15) is 0 Å². The van der Waals surface area contributed by atoms with E-state index in [1.165, 1.54) is 0 Å². The predicted octanol–water partition coefficient (Wildman–Crippen LogP) is 3.74. The molecule has 0 saturated heterocycles. The van der Waals surface area contributed by atoms with Crippen molar-refractivity contribution in [2.75, 3.05) is 20.8 Å². The van der Waals surface area contributed by atoms with E-state index in [0.717, 1.165) is 11.1 Å². The van der Waals surface area contributed by atoms with Gasteiger partial charge < -0.3 is 19.4 Å². The van der Waals surface area contributed by atoms with Crippen LogP contribution in [0.1, 0.15) is 27.2 Å². The van der Waals surface area contributed by atoms with Gasteiger partial charge >= 0.3 is 0 Å². The molecule has 0 bridgehead atoms. The van der Waals surface area contributed by atoms with Gasteiger partial charge in [0.05, 0.1) is 42.9 Å². The van der Waals surface area contributed by atoms with Crippen LogP contribution in [0.3, 0.4) is 0 Å². The number of benzene rings is 2. The van der Waals surface area contributed by atoms with Gasteiger partial charge in [-0.25, -0.2) is 0 Å². The number of hydrogen-bond donors (Lipinski definition) is 1. The van der Waals surface area contributed by atoms with Gasteiger partial charge in [0.1, 0.15) is 11.5 Å². The van der Waals surface area contributed by atoms with Gasteiger partial charge in [-0.05, 0) is 42.7 Å². The molecule has 1 N–H and O–H groups in total. The summed E-state index contributed by atoms with van der Waals surface area (Å²) in [5.41, 5.74) is 3.35. The number of nitrogens with zero attached hydrogens (tertiary/aromatic N) is 2. The fourth-order valence-electron chi connectivity index (χ4n) is 3.90. The molecule has 1 amide bonds. The second-order valence-electron chi connectivity index (χ2n) is 7.97. The fourth-order valence-corrected chi connectivity index (χ4v) is 3.90. The Morgan fingerprint density at radius 1 is 1.03 bits per heavy atom. The Bertz CT molecular complexity index is 1380. The Morgan fingerprint density at radius 3 is 2.56 bits per heavy atom. The molecule has 7 heteroatoms. The summed E-state index contributed by atoms with van der Waals surface area (Å²) in [6.07, 6.45) is 2.33. The Morgan fingerprint density at radius 2 is 1.82 bits per heavy atom. The second-order valence-corrected chi connectivity index (χ2v) is 7.97. The molecule has 0 atom stereocenters. The molecule has 174 valence electrons. The van der Waals surface area contributed by atoms with E-state index in [-0.39, 0.29) is 11.5 Å². The molecule has 0 radical (unpaired) electrons. The maximum atomic E-state index is 13.1. The number of hydrogen-bond acceptors (Lipinski definition) is 5. The van der Waals surface area contributed by atoms with E-state index < -0.39 is 0 Å². The summed E-state index contributed by atoms with van der Waals surface area (Å²) in [6, 6.07) is 18.8. The van der Waals surface area contributed by atoms with Crippen molar-refractivity contribution >= 4 is 16.8 Å². The Hall–Kier alpha value is -4.13. The van der Waals surface area contributed by atoms with Gasteiger partial charge in [-0.1, -0.05) is 36.4 Å². The maximum absolute atomic E-state index is 13.1. The fraction of sp³-hybridized carbons (Fsp3) is 0.222. The number of carbonyl (C=O) groups excluding carboxylic acids is 1. The molecule has 0 aliphatic heterocycles. The van der Waals surface area contributed by atoms with Gasteiger partial charge in [-0.3, -0.25) is 14.6 Å². The summed E-state index contributed by atoms with van der Waals surface area (Å²) in [4.78, 5) is 30.5. The van der Waals surface area contributed by atoms with Crippen molar-refractivity contribution in [2.45, 2.75) is 19.9 Å². The van der Waals surface area contributed by atoms with Crippen LogP contribution in [0, 0.1) is 6.92 Å². The highest BCUT2D eigenvalue weighted by atomic mass is 16.5. The minimum absolute atomic E-state index is 0.175. The molecular formula is C27H27N3O4. The zero-order valence-electron chi connectivity index (χ0n) is 19.5. The molecular weight excluding hydrogens is 430 g/mol. The topological polar surface area (TPSA) is 82.5 Å². The molecule has 0 spiro atoms. The highest BCUT2D eigenvalue weighted by Crippen LogP contribution is 2.24.